The topological polar surface area (TPSA) is 92.6 Å². The van der Waals surface area contributed by atoms with Crippen molar-refractivity contribution in [1.29, 1.82) is 0 Å². The van der Waals surface area contributed by atoms with E-state index in [1.54, 1.807) is 31.4 Å². The highest BCUT2D eigenvalue weighted by atomic mass is 35.5. The van der Waals surface area contributed by atoms with E-state index in [1.807, 2.05) is 13.0 Å². The number of ether oxygens (including phenoxy) is 1. The van der Waals surface area contributed by atoms with Crippen LogP contribution in [0.2, 0.25) is 0 Å². The summed E-state index contributed by atoms with van der Waals surface area (Å²) in [5.74, 6) is -0.217. The summed E-state index contributed by atoms with van der Waals surface area (Å²) < 4.78 is 10.6. The molecule has 2 aromatic rings. The minimum Gasteiger partial charge on any atom is -0.459 e. The number of piperidine rings is 1. The highest BCUT2D eigenvalue weighted by Gasteiger charge is 2.39. The minimum absolute atomic E-state index is 0. The van der Waals surface area contributed by atoms with Crippen LogP contribution in [-0.4, -0.2) is 37.6 Å². The van der Waals surface area contributed by atoms with Gasteiger partial charge >= 0.3 is 0 Å². The lowest BCUT2D eigenvalue weighted by Crippen LogP contribution is -2.51. The molecule has 1 saturated heterocycles. The summed E-state index contributed by atoms with van der Waals surface area (Å²) in [5.41, 5.74) is 1.36. The molecule has 3 N–H and O–H groups in total. The van der Waals surface area contributed by atoms with Crippen LogP contribution in [0, 0.1) is 6.92 Å². The molecule has 0 radical (unpaired) electrons. The number of furan rings is 1. The molecule has 1 aliphatic heterocycles. The number of carbonyl (C=O) groups is 2. The van der Waals surface area contributed by atoms with Crippen molar-refractivity contribution in [2.75, 3.05) is 30.8 Å². The van der Waals surface area contributed by atoms with Gasteiger partial charge in [-0.15, -0.1) is 12.4 Å². The van der Waals surface area contributed by atoms with Gasteiger partial charge in [-0.2, -0.15) is 0 Å². The first-order valence-electron chi connectivity index (χ1n) is 8.57. The summed E-state index contributed by atoms with van der Waals surface area (Å²) >= 11 is 0. The molecule has 146 valence electrons. The van der Waals surface area contributed by atoms with Crippen molar-refractivity contribution >= 4 is 35.6 Å². The molecule has 1 aromatic carbocycles. The number of halogens is 1. The molecule has 1 fully saturated rings. The van der Waals surface area contributed by atoms with Crippen LogP contribution in [0.1, 0.15) is 29.0 Å². The van der Waals surface area contributed by atoms with Gasteiger partial charge in [0.2, 0.25) is 0 Å². The second-order valence-electron chi connectivity index (χ2n) is 6.36. The van der Waals surface area contributed by atoms with Gasteiger partial charge in [-0.05, 0) is 68.8 Å². The summed E-state index contributed by atoms with van der Waals surface area (Å²) in [6, 6.07) is 8.59. The Morgan fingerprint density at radius 3 is 2.52 bits per heavy atom. The molecular weight excluding hydrogens is 370 g/mol. The molecule has 0 spiro atoms. The second-order valence-corrected chi connectivity index (χ2v) is 6.36. The number of nitrogens with one attached hydrogen (secondary N) is 3. The second kappa shape index (κ2) is 9.03. The average Bonchev–Trinajstić information content (AvgIpc) is 3.19. The summed E-state index contributed by atoms with van der Waals surface area (Å²) in [6.45, 7) is 3.36. The number of carbonyl (C=O) groups excluding carboxylic acids is 2. The average molecular weight is 394 g/mol. The van der Waals surface area contributed by atoms with Crippen LogP contribution in [0.25, 0.3) is 0 Å². The predicted octanol–water partition coefficient (Wildman–Crippen LogP) is 2.97. The lowest BCUT2D eigenvalue weighted by molar-refractivity contribution is -0.140. The van der Waals surface area contributed by atoms with E-state index < -0.39 is 5.60 Å². The fraction of sp³-hybridized carbons (Fsp3) is 0.368. The van der Waals surface area contributed by atoms with E-state index in [4.69, 9.17) is 9.15 Å². The van der Waals surface area contributed by atoms with E-state index in [9.17, 15) is 9.59 Å². The summed E-state index contributed by atoms with van der Waals surface area (Å²) in [7, 11) is 1.57. The van der Waals surface area contributed by atoms with E-state index >= 15 is 0 Å². The van der Waals surface area contributed by atoms with Crippen LogP contribution in [0.5, 0.6) is 0 Å². The van der Waals surface area contributed by atoms with Crippen LogP contribution >= 0.6 is 12.4 Å². The van der Waals surface area contributed by atoms with E-state index in [0.717, 1.165) is 18.7 Å². The zero-order valence-corrected chi connectivity index (χ0v) is 16.2. The van der Waals surface area contributed by atoms with Gasteiger partial charge in [0.15, 0.2) is 5.76 Å². The van der Waals surface area contributed by atoms with Crippen LogP contribution in [0.4, 0.5) is 11.4 Å². The zero-order chi connectivity index (χ0) is 18.6. The Labute approximate surface area is 164 Å². The number of anilines is 2. The van der Waals surface area contributed by atoms with Crippen molar-refractivity contribution < 1.29 is 18.7 Å². The highest BCUT2D eigenvalue weighted by Crippen LogP contribution is 2.26. The molecule has 7 nitrogen and oxygen atoms in total. The molecule has 0 saturated carbocycles. The van der Waals surface area contributed by atoms with Crippen LogP contribution in [0.3, 0.4) is 0 Å². The van der Waals surface area contributed by atoms with Gasteiger partial charge in [0.05, 0.1) is 6.26 Å². The fourth-order valence-corrected chi connectivity index (χ4v) is 3.07. The fourth-order valence-electron chi connectivity index (χ4n) is 3.07. The minimum atomic E-state index is -0.800. The van der Waals surface area contributed by atoms with Gasteiger partial charge in [0.25, 0.3) is 11.8 Å². The first-order chi connectivity index (χ1) is 12.5. The molecular formula is C19H24ClN3O4. The molecule has 1 aliphatic rings. The van der Waals surface area contributed by atoms with Gasteiger partial charge in [-0.25, -0.2) is 0 Å². The predicted molar refractivity (Wildman–Crippen MR) is 106 cm³/mol. The van der Waals surface area contributed by atoms with Gasteiger partial charge in [-0.3, -0.25) is 9.59 Å². The number of methoxy groups -OCH3 is 1. The number of hydrogen-bond donors (Lipinski definition) is 3. The van der Waals surface area contributed by atoms with Gasteiger partial charge in [0.1, 0.15) is 5.60 Å². The van der Waals surface area contributed by atoms with Crippen LogP contribution < -0.4 is 16.0 Å². The molecule has 0 atom stereocenters. The standard InChI is InChI=1S/C19H23N3O4.ClH/c1-13-12-14(21-18(24)19(25-2)7-9-20-10-8-19)5-6-15(13)22-17(23)16-4-3-11-26-16;/h3-6,11-12,20H,7-10H2,1-2H3,(H,21,24)(H,22,23);1H. The molecule has 0 aliphatic carbocycles. The number of benzene rings is 1. The highest BCUT2D eigenvalue weighted by molar-refractivity contribution is 6.03. The third-order valence-electron chi connectivity index (χ3n) is 4.69. The molecule has 0 unspecified atom stereocenters. The Hall–Kier alpha value is -2.35. The summed E-state index contributed by atoms with van der Waals surface area (Å²) in [5, 5.41) is 8.96. The first kappa shape index (κ1) is 21.0. The SMILES string of the molecule is COC1(C(=O)Nc2ccc(NC(=O)c3ccco3)c(C)c2)CCNCC1.Cl. The largest absolute Gasteiger partial charge is 0.459 e. The maximum absolute atomic E-state index is 12.7. The van der Waals surface area contributed by atoms with Crippen molar-refractivity contribution in [1.82, 2.24) is 5.32 Å². The van der Waals surface area contributed by atoms with Crippen molar-refractivity contribution in [3.05, 3.63) is 47.9 Å². The van der Waals surface area contributed by atoms with Gasteiger partial charge in [-0.1, -0.05) is 0 Å². The van der Waals surface area contributed by atoms with Crippen molar-refractivity contribution in [3.63, 3.8) is 0 Å². The maximum atomic E-state index is 12.7. The molecule has 2 amide bonds. The Bertz CT molecular complexity index is 786. The Balaban J connectivity index is 0.00000261. The summed E-state index contributed by atoms with van der Waals surface area (Å²) in [6.07, 6.45) is 2.71. The smallest absolute Gasteiger partial charge is 0.291 e. The number of amides is 2. The quantitative estimate of drug-likeness (QED) is 0.726. The van der Waals surface area contributed by atoms with Crippen LogP contribution in [-0.2, 0) is 9.53 Å². The Morgan fingerprint density at radius 2 is 1.93 bits per heavy atom. The van der Waals surface area contributed by atoms with Crippen molar-refractivity contribution in [3.8, 4) is 0 Å². The number of hydrogen-bond acceptors (Lipinski definition) is 5. The lowest BCUT2D eigenvalue weighted by Gasteiger charge is -2.34. The van der Waals surface area contributed by atoms with E-state index in [2.05, 4.69) is 16.0 Å². The normalized spacial score (nSPS) is 15.5. The molecule has 1 aromatic heterocycles. The van der Waals surface area contributed by atoms with E-state index in [1.165, 1.54) is 6.26 Å². The van der Waals surface area contributed by atoms with Gasteiger partial charge in [0, 0.05) is 18.5 Å². The molecule has 8 heteroatoms. The third-order valence-corrected chi connectivity index (χ3v) is 4.69. The Morgan fingerprint density at radius 1 is 1.19 bits per heavy atom. The first-order valence-corrected chi connectivity index (χ1v) is 8.57. The van der Waals surface area contributed by atoms with Crippen molar-refractivity contribution in [2.45, 2.75) is 25.4 Å². The molecule has 0 bridgehead atoms. The number of aryl methyl sites for hydroxylation is 1. The summed E-state index contributed by atoms with van der Waals surface area (Å²) in [4.78, 5) is 24.8. The van der Waals surface area contributed by atoms with E-state index in [0.29, 0.717) is 24.2 Å². The molecule has 2 heterocycles. The zero-order valence-electron chi connectivity index (χ0n) is 15.3. The number of rotatable bonds is 5. The van der Waals surface area contributed by atoms with E-state index in [-0.39, 0.29) is 30.0 Å². The third kappa shape index (κ3) is 4.68. The van der Waals surface area contributed by atoms with Gasteiger partial charge < -0.3 is 25.1 Å². The molecule has 27 heavy (non-hydrogen) atoms. The lowest BCUT2D eigenvalue weighted by atomic mass is 9.91. The Kier molecular flexibility index (Phi) is 7.01. The monoisotopic (exact) mass is 393 g/mol. The van der Waals surface area contributed by atoms with Crippen molar-refractivity contribution in [2.24, 2.45) is 0 Å². The van der Waals surface area contributed by atoms with Crippen LogP contribution in [0.15, 0.2) is 41.0 Å². The molecule has 3 rings (SSSR count). The maximum Gasteiger partial charge on any atom is 0.291 e.